The molecule has 0 radical (unpaired) electrons. The Balaban J connectivity index is 1.93. The van der Waals surface area contributed by atoms with E-state index in [9.17, 15) is 0 Å². The van der Waals surface area contributed by atoms with Crippen molar-refractivity contribution in [3.05, 3.63) is 0 Å². The summed E-state index contributed by atoms with van der Waals surface area (Å²) in [6.45, 7) is 24.6. The molecule has 0 aromatic rings. The fourth-order valence-corrected chi connectivity index (χ4v) is 60.5. The molecule has 49 heavy (non-hydrogen) atoms. The van der Waals surface area contributed by atoms with Crippen LogP contribution in [0.1, 0.15) is 0 Å². The first-order chi connectivity index (χ1) is 22.5. The third kappa shape index (κ3) is 9.65. The summed E-state index contributed by atoms with van der Waals surface area (Å²) in [5.74, 6) is 0. The quantitative estimate of drug-likeness (QED) is 0.149. The van der Waals surface area contributed by atoms with Crippen LogP contribution in [0.4, 0.5) is 0 Å². The highest BCUT2D eigenvalue weighted by atomic mass is 28.7. The third-order valence-electron chi connectivity index (χ3n) is 5.74. The van der Waals surface area contributed by atoms with Crippen molar-refractivity contribution < 1.29 is 78.5 Å². The Hall–Kier alpha value is 1.89. The second-order valence-electron chi connectivity index (χ2n) is 13.0. The van der Waals surface area contributed by atoms with Gasteiger partial charge in [-0.3, -0.25) is 0 Å². The van der Waals surface area contributed by atoms with Crippen LogP contribution in [-0.4, -0.2) is 137 Å². The van der Waals surface area contributed by atoms with E-state index in [2.05, 4.69) is 11.7 Å². The van der Waals surface area contributed by atoms with Crippen molar-refractivity contribution in [1.29, 1.82) is 0 Å². The van der Waals surface area contributed by atoms with Crippen molar-refractivity contribution in [3.63, 3.8) is 0 Å². The van der Waals surface area contributed by atoms with Crippen LogP contribution in [0.15, 0.2) is 0 Å². The maximum atomic E-state index is 6.97. The molecule has 0 aromatic carbocycles. The lowest BCUT2D eigenvalue weighted by molar-refractivity contribution is -0.118. The molecule has 6 saturated heterocycles. The minimum Gasteiger partial charge on any atom is -0.431 e. The lowest BCUT2D eigenvalue weighted by Crippen LogP contribution is -2.91. The Kier molecular flexibility index (Phi) is 13.0. The first-order valence-electron chi connectivity index (χ1n) is 16.1. The molecule has 6 aliphatic rings. The normalized spacial score (nSPS) is 43.2. The molecule has 0 aromatic heterocycles. The molecular formula is C15H48O19Si15. The van der Waals surface area contributed by atoms with E-state index in [0.717, 1.165) is 0 Å². The smallest absolute Gasteiger partial charge is 0.431 e. The van der Waals surface area contributed by atoms with Crippen LogP contribution < -0.4 is 0 Å². The van der Waals surface area contributed by atoms with Gasteiger partial charge in [-0.2, -0.15) is 0 Å². The zero-order chi connectivity index (χ0) is 36.3. The van der Waals surface area contributed by atoms with Gasteiger partial charge in [0, 0.05) is 6.55 Å². The van der Waals surface area contributed by atoms with Crippen LogP contribution >= 0.6 is 0 Å². The molecule has 6 aliphatic heterocycles. The van der Waals surface area contributed by atoms with E-state index in [0.29, 0.717) is 10.2 Å². The van der Waals surface area contributed by atoms with Crippen LogP contribution in [0.3, 0.4) is 0 Å². The zero-order valence-electron chi connectivity index (χ0n) is 30.2. The van der Waals surface area contributed by atoms with Crippen LogP contribution in [0.2, 0.25) is 85.1 Å². The molecule has 0 saturated carbocycles. The van der Waals surface area contributed by atoms with Crippen molar-refractivity contribution in [2.45, 2.75) is 85.1 Å². The van der Waals surface area contributed by atoms with Gasteiger partial charge in [0.05, 0.1) is 16.3 Å². The third-order valence-corrected chi connectivity index (χ3v) is 50.0. The SMILES string of the molecule is C[SiH](C)O[Si]12O[Si]3(C)O[Si]4(OC#C[SiH3])O[Si](O[SiH](C)C)(O1)O[Si]1(O[SiH](C)C)O[Si](O[SiH](C)C)(O4)O[Si](O[SiH](C)C)(O3)O[Si](O[SiH](C)C)(O2)O1. The Morgan fingerprint density at radius 2 is 0.571 bits per heavy atom. The molecule has 4 unspecified atom stereocenters. The molecule has 6 rings (SSSR count). The van der Waals surface area contributed by atoms with Gasteiger partial charge in [-0.1, -0.05) is 0 Å². The average molecular weight is 954 g/mol. The van der Waals surface area contributed by atoms with Crippen molar-refractivity contribution in [2.24, 2.45) is 0 Å². The monoisotopic (exact) mass is 952 g/mol. The predicted molar refractivity (Wildman–Crippen MR) is 203 cm³/mol. The molecule has 6 fully saturated rings. The molecule has 6 heterocycles. The summed E-state index contributed by atoms with van der Waals surface area (Å²) in [5, 5.41) is 0. The maximum Gasteiger partial charge on any atom is 0.739 e. The summed E-state index contributed by atoms with van der Waals surface area (Å²) in [6, 6.07) is 0. The topological polar surface area (TPSA) is 175 Å². The Morgan fingerprint density at radius 3 is 0.796 bits per heavy atom. The molecule has 34 heteroatoms. The van der Waals surface area contributed by atoms with Gasteiger partial charge in [0.2, 0.25) is 0 Å². The van der Waals surface area contributed by atoms with Crippen molar-refractivity contribution in [2.75, 3.05) is 0 Å². The van der Waals surface area contributed by atoms with Gasteiger partial charge in [-0.05, 0) is 78.6 Å². The van der Waals surface area contributed by atoms with Crippen molar-refractivity contribution >= 4 is 137 Å². The highest BCUT2D eigenvalue weighted by Crippen LogP contribution is 2.50. The second-order valence-corrected chi connectivity index (χ2v) is 50.5. The number of hydrogen-bond acceptors (Lipinski definition) is 19. The summed E-state index contributed by atoms with van der Waals surface area (Å²) in [6.07, 6.45) is 2.63. The van der Waals surface area contributed by atoms with Gasteiger partial charge in [0.15, 0.2) is 54.2 Å². The van der Waals surface area contributed by atoms with Gasteiger partial charge in [-0.25, -0.2) is 0 Å². The Bertz CT molecular complexity index is 1220. The molecule has 282 valence electrons. The number of rotatable bonds is 13. The summed E-state index contributed by atoms with van der Waals surface area (Å²) >= 11 is 0. The van der Waals surface area contributed by atoms with Gasteiger partial charge < -0.3 is 78.5 Å². The maximum absolute atomic E-state index is 6.97. The fourth-order valence-electron chi connectivity index (χ4n) is 4.90. The highest BCUT2D eigenvalue weighted by molar-refractivity contribution is 7.01. The molecular weight excluding hydrogens is 905 g/mol. The second kappa shape index (κ2) is 15.1. The average Bonchev–Trinajstić information content (AvgIpc) is 2.79. The van der Waals surface area contributed by atoms with E-state index in [1.54, 1.807) is 6.55 Å². The van der Waals surface area contributed by atoms with E-state index >= 15 is 0 Å². The summed E-state index contributed by atoms with van der Waals surface area (Å²) < 4.78 is 129. The van der Waals surface area contributed by atoms with Crippen LogP contribution in [0, 0.1) is 11.7 Å². The predicted octanol–water partition coefficient (Wildman–Crippen LogP) is -1.83. The lowest BCUT2D eigenvalue weighted by Gasteiger charge is -2.58. The molecule has 4 atom stereocenters. The van der Waals surface area contributed by atoms with Gasteiger partial charge in [0.25, 0.3) is 0 Å². The molecule has 0 amide bonds. The van der Waals surface area contributed by atoms with Crippen molar-refractivity contribution in [1.82, 2.24) is 0 Å². The Morgan fingerprint density at radius 1 is 0.367 bits per heavy atom. The first kappa shape index (κ1) is 42.0. The summed E-state index contributed by atoms with van der Waals surface area (Å²) in [7, 11) is -49.5. The standard InChI is InChI=1S/C15H48O19Si15/c1-36(2)17-44-24-42(13)23-43(16-14-15-35)26-46(28-44,19-38(5)6)32-49(22-41(11)12)33-47(27-43,20-39(7)8)29-45(25-42,18-37(3)4)31-48(30-44,34-49)21-40(9)10/h36-41H,1-13,35H3. The zero-order valence-corrected chi connectivity index (χ0v) is 47.1. The summed E-state index contributed by atoms with van der Waals surface area (Å²) in [4.78, 5) is 0. The molecule has 8 bridgehead atoms. The molecule has 19 nitrogen and oxygen atoms in total. The largest absolute Gasteiger partial charge is 0.739 e. The van der Waals surface area contributed by atoms with Gasteiger partial charge in [-0.15, -0.1) is 5.54 Å². The van der Waals surface area contributed by atoms with Gasteiger partial charge in [0.1, 0.15) is 0 Å². The Labute approximate surface area is 310 Å². The van der Waals surface area contributed by atoms with Crippen LogP contribution in [-0.2, 0) is 78.5 Å². The van der Waals surface area contributed by atoms with E-state index in [1.807, 2.05) is 78.6 Å². The fraction of sp³-hybridized carbons (Fsp3) is 0.867. The summed E-state index contributed by atoms with van der Waals surface area (Å²) in [5.41, 5.74) is 2.84. The molecule has 0 aliphatic carbocycles. The van der Waals surface area contributed by atoms with E-state index in [4.69, 9.17) is 78.5 Å². The molecule has 0 N–H and O–H groups in total. The highest BCUT2D eigenvalue weighted by Gasteiger charge is 2.90. The minimum atomic E-state index is -4.76. The molecule has 0 spiro atoms. The van der Waals surface area contributed by atoms with E-state index in [-0.39, 0.29) is 0 Å². The van der Waals surface area contributed by atoms with Gasteiger partial charge >= 0.3 is 72.1 Å². The van der Waals surface area contributed by atoms with E-state index < -0.39 is 126 Å². The lowest BCUT2D eigenvalue weighted by atomic mass is 11.3. The van der Waals surface area contributed by atoms with Crippen LogP contribution in [0.5, 0.6) is 0 Å². The first-order valence-corrected chi connectivity index (χ1v) is 47.5. The van der Waals surface area contributed by atoms with Crippen LogP contribution in [0.25, 0.3) is 0 Å². The minimum absolute atomic E-state index is 0.456. The van der Waals surface area contributed by atoms with Crippen molar-refractivity contribution in [3.8, 4) is 11.7 Å². The van der Waals surface area contributed by atoms with E-state index in [1.165, 1.54) is 0 Å². The number of hydrogen-bond donors (Lipinski definition) is 0.